The number of rotatable bonds is 6. The molecule has 2 nitrogen and oxygen atoms in total. The van der Waals surface area contributed by atoms with Crippen LogP contribution in [0.25, 0.3) is 0 Å². The molecular weight excluding hydrogens is 332 g/mol. The summed E-state index contributed by atoms with van der Waals surface area (Å²) in [5.41, 5.74) is -0.814. The fourth-order valence-corrected chi connectivity index (χ4v) is 2.02. The van der Waals surface area contributed by atoms with Gasteiger partial charge in [-0.2, -0.15) is 8.78 Å². The van der Waals surface area contributed by atoms with Gasteiger partial charge < -0.3 is 4.74 Å². The number of esters is 1. The molecule has 0 aromatic carbocycles. The summed E-state index contributed by atoms with van der Waals surface area (Å²) in [6, 6.07) is 0. The maximum absolute atomic E-state index is 12.9. The Morgan fingerprint density at radius 2 is 1.72 bits per heavy atom. The highest BCUT2D eigenvalue weighted by molar-refractivity contribution is 6.53. The molecule has 0 aromatic heterocycles. The molecule has 1 atom stereocenters. The summed E-state index contributed by atoms with van der Waals surface area (Å²) in [7, 11) is 1.22. The number of carbonyl (C=O) groups excluding carboxylic acids is 1. The second-order valence-electron chi connectivity index (χ2n) is 4.62. The highest BCUT2D eigenvalue weighted by Crippen LogP contribution is 2.48. The summed E-state index contributed by atoms with van der Waals surface area (Å²) in [5, 5.41) is -4.69. The molecule has 8 heteroatoms. The molecule has 1 unspecified atom stereocenters. The van der Waals surface area contributed by atoms with Crippen molar-refractivity contribution in [1.82, 2.24) is 0 Å². The van der Waals surface area contributed by atoms with E-state index in [1.807, 2.05) is 0 Å². The van der Waals surface area contributed by atoms with Gasteiger partial charge in [-0.05, 0) is 17.0 Å². The fraction of sp³-hybridized carbons (Fsp3) is 0.900. The lowest BCUT2D eigenvalue weighted by Gasteiger charge is -2.34. The Hall–Kier alpha value is 0.490. The lowest BCUT2D eigenvalue weighted by atomic mass is 9.83. The van der Waals surface area contributed by atoms with Crippen LogP contribution in [0.2, 0.25) is 0 Å². The topological polar surface area (TPSA) is 26.3 Å². The van der Waals surface area contributed by atoms with Gasteiger partial charge in [-0.3, -0.25) is 4.79 Å². The molecule has 0 saturated heterocycles. The van der Waals surface area contributed by atoms with Crippen LogP contribution in [0.1, 0.15) is 26.7 Å². The van der Waals surface area contributed by atoms with E-state index < -0.39 is 32.9 Å². The fourth-order valence-electron chi connectivity index (χ4n) is 1.17. The third-order valence-corrected chi connectivity index (χ3v) is 4.57. The Labute approximate surface area is 125 Å². The average Bonchev–Trinajstić information content (AvgIpc) is 2.14. The standard InChI is InChI=1S/C10H14Cl4F2O2/c1-8(2,5-7(17)18-3)6(11)4-9(12,13)10(14,15)16/h6H,4-5H2,1-3H3. The van der Waals surface area contributed by atoms with Gasteiger partial charge in [0.05, 0.1) is 13.5 Å². The molecule has 0 N–H and O–H groups in total. The van der Waals surface area contributed by atoms with Gasteiger partial charge in [0.1, 0.15) is 0 Å². The Morgan fingerprint density at radius 1 is 1.28 bits per heavy atom. The largest absolute Gasteiger partial charge is 0.469 e. The van der Waals surface area contributed by atoms with E-state index in [4.69, 9.17) is 46.4 Å². The molecule has 0 spiro atoms. The first-order valence-electron chi connectivity index (χ1n) is 4.99. The normalized spacial score (nSPS) is 15.4. The van der Waals surface area contributed by atoms with Crippen molar-refractivity contribution in [3.63, 3.8) is 0 Å². The Bertz CT molecular complexity index is 303. The van der Waals surface area contributed by atoms with Crippen molar-refractivity contribution in [2.75, 3.05) is 7.11 Å². The van der Waals surface area contributed by atoms with Gasteiger partial charge in [0.15, 0.2) is 4.33 Å². The van der Waals surface area contributed by atoms with Gasteiger partial charge in [-0.1, -0.05) is 37.0 Å². The molecule has 0 radical (unpaired) electrons. The number of hydrogen-bond acceptors (Lipinski definition) is 2. The van der Waals surface area contributed by atoms with Crippen LogP contribution in [-0.2, 0) is 9.53 Å². The Morgan fingerprint density at radius 3 is 2.06 bits per heavy atom. The smallest absolute Gasteiger partial charge is 0.354 e. The van der Waals surface area contributed by atoms with Gasteiger partial charge in [-0.15, -0.1) is 11.6 Å². The molecule has 0 aliphatic heterocycles. The van der Waals surface area contributed by atoms with Gasteiger partial charge in [0.2, 0.25) is 0 Å². The van der Waals surface area contributed by atoms with E-state index in [1.54, 1.807) is 13.8 Å². The maximum atomic E-state index is 12.9. The van der Waals surface area contributed by atoms with E-state index in [2.05, 4.69) is 4.74 Å². The van der Waals surface area contributed by atoms with E-state index in [0.29, 0.717) is 0 Å². The summed E-state index contributed by atoms with van der Waals surface area (Å²) in [6.45, 7) is 3.25. The molecular formula is C10H14Cl4F2O2. The molecule has 0 aliphatic rings. The number of alkyl halides is 6. The van der Waals surface area contributed by atoms with Gasteiger partial charge >= 0.3 is 11.4 Å². The zero-order valence-corrected chi connectivity index (χ0v) is 13.1. The van der Waals surface area contributed by atoms with Crippen molar-refractivity contribution >= 4 is 52.4 Å². The number of hydrogen-bond donors (Lipinski definition) is 0. The van der Waals surface area contributed by atoms with Crippen LogP contribution in [0.4, 0.5) is 8.78 Å². The molecule has 0 bridgehead atoms. The first-order valence-corrected chi connectivity index (χ1v) is 6.56. The quantitative estimate of drug-likeness (QED) is 0.520. The molecule has 0 rings (SSSR count). The first-order chi connectivity index (χ1) is 7.83. The summed E-state index contributed by atoms with van der Waals surface area (Å²) >= 11 is 21.7. The lowest BCUT2D eigenvalue weighted by Crippen LogP contribution is -2.40. The van der Waals surface area contributed by atoms with Gasteiger partial charge in [0, 0.05) is 11.8 Å². The monoisotopic (exact) mass is 344 g/mol. The predicted octanol–water partition coefficient (Wildman–Crippen LogP) is 4.58. The van der Waals surface area contributed by atoms with Crippen LogP contribution in [0, 0.1) is 5.41 Å². The molecule has 108 valence electrons. The SMILES string of the molecule is COC(=O)CC(C)(C)C(Cl)CC(Cl)(Cl)C(F)(F)Cl. The zero-order valence-electron chi connectivity index (χ0n) is 10.1. The molecule has 0 aliphatic carbocycles. The molecule has 0 saturated carbocycles. The third kappa shape index (κ3) is 5.24. The van der Waals surface area contributed by atoms with Crippen molar-refractivity contribution in [2.24, 2.45) is 5.41 Å². The molecule has 0 heterocycles. The van der Waals surface area contributed by atoms with Crippen LogP contribution in [-0.4, -0.2) is 28.2 Å². The van der Waals surface area contributed by atoms with Crippen LogP contribution >= 0.6 is 46.4 Å². The molecule has 0 aromatic rings. The molecule has 0 amide bonds. The van der Waals surface area contributed by atoms with Crippen molar-refractivity contribution in [1.29, 1.82) is 0 Å². The van der Waals surface area contributed by atoms with Crippen LogP contribution in [0.15, 0.2) is 0 Å². The third-order valence-electron chi connectivity index (χ3n) is 2.53. The van der Waals surface area contributed by atoms with E-state index in [1.165, 1.54) is 7.11 Å². The Kier molecular flexibility index (Phi) is 6.46. The van der Waals surface area contributed by atoms with Crippen LogP contribution < -0.4 is 0 Å². The van der Waals surface area contributed by atoms with E-state index in [0.717, 1.165) is 0 Å². The minimum absolute atomic E-state index is 0.0462. The van der Waals surface area contributed by atoms with E-state index >= 15 is 0 Å². The molecule has 18 heavy (non-hydrogen) atoms. The number of methoxy groups -OCH3 is 1. The van der Waals surface area contributed by atoms with Crippen molar-refractivity contribution < 1.29 is 18.3 Å². The van der Waals surface area contributed by atoms with Gasteiger partial charge in [0.25, 0.3) is 0 Å². The minimum Gasteiger partial charge on any atom is -0.469 e. The number of carbonyl (C=O) groups is 1. The summed E-state index contributed by atoms with van der Waals surface area (Å²) < 4.78 is 27.8. The maximum Gasteiger partial charge on any atom is 0.354 e. The number of halogens is 6. The Balaban J connectivity index is 4.75. The zero-order chi connectivity index (χ0) is 14.8. The summed E-state index contributed by atoms with van der Waals surface area (Å²) in [5.74, 6) is -0.502. The number of ether oxygens (including phenoxy) is 1. The highest BCUT2D eigenvalue weighted by atomic mass is 35.5. The first kappa shape index (κ1) is 18.5. The summed E-state index contributed by atoms with van der Waals surface area (Å²) in [6.07, 6.45) is -0.520. The van der Waals surface area contributed by atoms with Crippen molar-refractivity contribution in [3.8, 4) is 0 Å². The van der Waals surface area contributed by atoms with E-state index in [9.17, 15) is 13.6 Å². The molecule has 0 fully saturated rings. The van der Waals surface area contributed by atoms with Crippen molar-refractivity contribution in [3.05, 3.63) is 0 Å². The second-order valence-corrected chi connectivity index (χ2v) is 7.10. The lowest BCUT2D eigenvalue weighted by molar-refractivity contribution is -0.143. The minimum atomic E-state index is -3.81. The van der Waals surface area contributed by atoms with Crippen LogP contribution in [0.3, 0.4) is 0 Å². The van der Waals surface area contributed by atoms with Crippen molar-refractivity contribution in [2.45, 2.75) is 41.8 Å². The summed E-state index contributed by atoms with van der Waals surface area (Å²) in [4.78, 5) is 11.2. The second kappa shape index (κ2) is 6.29. The van der Waals surface area contributed by atoms with Crippen LogP contribution in [0.5, 0.6) is 0 Å². The average molecular weight is 346 g/mol. The predicted molar refractivity (Wildman–Crippen MR) is 69.9 cm³/mol. The highest BCUT2D eigenvalue weighted by Gasteiger charge is 2.52. The van der Waals surface area contributed by atoms with E-state index in [-0.39, 0.29) is 6.42 Å². The van der Waals surface area contributed by atoms with Gasteiger partial charge in [-0.25, -0.2) is 0 Å².